The Bertz CT molecular complexity index is 2420. The molecular formula is C50H67F2N7O7. The third-order valence-electron chi connectivity index (χ3n) is 13.2. The Balaban J connectivity index is 1.34. The van der Waals surface area contributed by atoms with Gasteiger partial charge in [0.2, 0.25) is 0 Å². The summed E-state index contributed by atoms with van der Waals surface area (Å²) >= 11 is 0. The number of nitrogens with one attached hydrogen (secondary N) is 2. The number of hydrogen-bond donors (Lipinski definition) is 4. The van der Waals surface area contributed by atoms with Gasteiger partial charge in [-0.25, -0.2) is 19.0 Å². The first-order chi connectivity index (χ1) is 31.3. The van der Waals surface area contributed by atoms with Crippen molar-refractivity contribution < 1.29 is 42.9 Å². The van der Waals surface area contributed by atoms with Crippen LogP contribution >= 0.6 is 0 Å². The molecule has 14 nitrogen and oxygen atoms in total. The van der Waals surface area contributed by atoms with E-state index in [2.05, 4.69) is 38.1 Å². The molecule has 16 heteroatoms. The molecule has 358 valence electrons. The maximum absolute atomic E-state index is 14.9. The van der Waals surface area contributed by atoms with Crippen LogP contribution in [0.15, 0.2) is 48.7 Å². The van der Waals surface area contributed by atoms with Crippen LogP contribution in [0.2, 0.25) is 0 Å². The predicted octanol–water partition coefficient (Wildman–Crippen LogP) is 7.90. The molecule has 3 aliphatic rings. The molecule has 3 fully saturated rings. The van der Waals surface area contributed by atoms with Crippen molar-refractivity contribution in [3.8, 4) is 22.4 Å². The van der Waals surface area contributed by atoms with Crippen LogP contribution in [-0.4, -0.2) is 118 Å². The van der Waals surface area contributed by atoms with Crippen molar-refractivity contribution >= 4 is 34.6 Å². The summed E-state index contributed by atoms with van der Waals surface area (Å²) < 4.78 is 43.4. The number of aliphatic hydroxyl groups is 1. The quantitative estimate of drug-likeness (QED) is 0.0918. The molecule has 4 N–H and O–H groups in total. The first kappa shape index (κ1) is 48.8. The van der Waals surface area contributed by atoms with E-state index in [-0.39, 0.29) is 31.2 Å². The van der Waals surface area contributed by atoms with E-state index in [9.17, 15) is 33.4 Å². The molecule has 2 amide bonds. The number of alkyl halides is 2. The minimum atomic E-state index is -2.85. The van der Waals surface area contributed by atoms with Crippen LogP contribution in [0.3, 0.4) is 0 Å². The third kappa shape index (κ3) is 10.8. The molecule has 0 bridgehead atoms. The van der Waals surface area contributed by atoms with Crippen molar-refractivity contribution in [2.45, 2.75) is 130 Å². The lowest BCUT2D eigenvalue weighted by Gasteiger charge is -2.39. The molecule has 66 heavy (non-hydrogen) atoms. The van der Waals surface area contributed by atoms with Crippen LogP contribution in [0.1, 0.15) is 109 Å². The number of carboxylic acids is 1. The summed E-state index contributed by atoms with van der Waals surface area (Å²) in [4.78, 5) is 49.2. The number of carbonyl (C=O) groups is 3. The Kier molecular flexibility index (Phi) is 14.8. The minimum Gasteiger partial charge on any atom is -0.480 e. The lowest BCUT2D eigenvalue weighted by Crippen LogP contribution is -2.60. The van der Waals surface area contributed by atoms with E-state index in [0.717, 1.165) is 65.3 Å². The smallest absolute Gasteiger partial charge is 0.408 e. The van der Waals surface area contributed by atoms with Gasteiger partial charge in [-0.2, -0.15) is 0 Å². The van der Waals surface area contributed by atoms with Gasteiger partial charge in [0.25, 0.3) is 12.3 Å². The number of aliphatic hydroxyl groups excluding tert-OH is 1. The number of hydrazine groups is 1. The first-order valence-electron chi connectivity index (χ1n) is 23.3. The number of aryl methyl sites for hydroxylation is 1. The van der Waals surface area contributed by atoms with Gasteiger partial charge in [0, 0.05) is 80.9 Å². The standard InChI is InChI=1S/C50H67F2N7O7/c1-9-58-42-15-14-32(33-20-31(21-34(23-33)45(51)52)22-41(54-48(64)66-49(3,4)5)46(61)59-17-11-13-40(55-59)47(62)63)24-37(42)39(26-50(6,7)29-60)44(58)38-25-36(27-53-43(38)30(2)65-8)57-19-18-56-16-10-12-35(56)28-57/h14-15,20-21,23-25,27,30,35,40-41,45,55,60H,9-13,16-19,22,26,28-29H2,1-8H3,(H,54,64)(H,62,63)/t30-,35+,40-,41-/m0/s1. The SMILES string of the molecule is CCn1c(-c2cc(N3CCN4CCC[C@@H]4C3)cnc2[C@H](C)OC)c(CC(C)(C)CO)c2cc(-c3cc(C[C@H](NC(=O)OC(C)(C)C)C(=O)N4CCC[C@@H](C(=O)O)N4)cc(C(F)F)c3)ccc21. The van der Waals surface area contributed by atoms with Crippen molar-refractivity contribution in [3.05, 3.63) is 71.0 Å². The van der Waals surface area contributed by atoms with Crippen LogP contribution in [0.5, 0.6) is 0 Å². The second kappa shape index (κ2) is 20.0. The summed E-state index contributed by atoms with van der Waals surface area (Å²) in [7, 11) is 1.67. The van der Waals surface area contributed by atoms with Crippen LogP contribution < -0.4 is 15.6 Å². The average Bonchev–Trinajstić information content (AvgIpc) is 3.88. The number of carbonyl (C=O) groups excluding carboxylic acids is 2. The average molecular weight is 916 g/mol. The van der Waals surface area contributed by atoms with Gasteiger partial charge >= 0.3 is 12.1 Å². The molecule has 3 aliphatic heterocycles. The number of fused-ring (bicyclic) bond motifs is 2. The van der Waals surface area contributed by atoms with Crippen LogP contribution in [0.25, 0.3) is 33.3 Å². The third-order valence-corrected chi connectivity index (χ3v) is 13.2. The highest BCUT2D eigenvalue weighted by atomic mass is 19.3. The van der Waals surface area contributed by atoms with E-state index in [1.54, 1.807) is 33.9 Å². The van der Waals surface area contributed by atoms with Gasteiger partial charge in [-0.05, 0) is 125 Å². The molecule has 0 unspecified atom stereocenters. The normalized spacial score (nSPS) is 19.3. The summed E-state index contributed by atoms with van der Waals surface area (Å²) in [5.74, 6) is -1.74. The number of rotatable bonds is 15. The van der Waals surface area contributed by atoms with E-state index in [1.165, 1.54) is 30.0 Å². The second-order valence-corrected chi connectivity index (χ2v) is 19.9. The molecule has 3 saturated heterocycles. The van der Waals surface area contributed by atoms with Crippen molar-refractivity contribution in [3.63, 3.8) is 0 Å². The number of methoxy groups -OCH3 is 1. The number of nitrogens with zero attached hydrogens (tertiary/aromatic N) is 5. The van der Waals surface area contributed by atoms with Gasteiger partial charge < -0.3 is 34.5 Å². The zero-order valence-corrected chi connectivity index (χ0v) is 39.6. The van der Waals surface area contributed by atoms with E-state index >= 15 is 0 Å². The number of piperazine rings is 1. The van der Waals surface area contributed by atoms with Crippen LogP contribution in [0.4, 0.5) is 19.3 Å². The Hall–Kier alpha value is -5.16. The van der Waals surface area contributed by atoms with Crippen LogP contribution in [-0.2, 0) is 38.4 Å². The zero-order chi connectivity index (χ0) is 47.7. The predicted molar refractivity (Wildman–Crippen MR) is 250 cm³/mol. The number of aliphatic carboxylic acids is 1. The number of aromatic nitrogens is 2. The Morgan fingerprint density at radius 3 is 2.42 bits per heavy atom. The fourth-order valence-corrected chi connectivity index (χ4v) is 9.77. The van der Waals surface area contributed by atoms with E-state index in [0.29, 0.717) is 48.5 Å². The zero-order valence-electron chi connectivity index (χ0n) is 39.6. The number of halogens is 2. The fourth-order valence-electron chi connectivity index (χ4n) is 9.77. The number of anilines is 1. The number of amides is 2. The molecule has 0 aliphatic carbocycles. The van der Waals surface area contributed by atoms with Crippen molar-refractivity contribution in [1.82, 2.24) is 30.2 Å². The fraction of sp³-hybridized carbons (Fsp3) is 0.560. The maximum atomic E-state index is 14.9. The van der Waals surface area contributed by atoms with Gasteiger partial charge in [-0.15, -0.1) is 0 Å². The highest BCUT2D eigenvalue weighted by molar-refractivity contribution is 5.96. The molecule has 4 atom stereocenters. The number of ether oxygens (including phenoxy) is 2. The van der Waals surface area contributed by atoms with Crippen molar-refractivity contribution in [1.29, 1.82) is 0 Å². The number of benzene rings is 2. The Morgan fingerprint density at radius 2 is 1.74 bits per heavy atom. The lowest BCUT2D eigenvalue weighted by molar-refractivity contribution is -0.147. The maximum Gasteiger partial charge on any atom is 0.408 e. The highest BCUT2D eigenvalue weighted by Crippen LogP contribution is 2.43. The summed E-state index contributed by atoms with van der Waals surface area (Å²) in [6.45, 7) is 17.9. The Morgan fingerprint density at radius 1 is 0.985 bits per heavy atom. The van der Waals surface area contributed by atoms with Gasteiger partial charge in [-0.1, -0.05) is 32.0 Å². The molecule has 2 aromatic carbocycles. The number of hydrogen-bond acceptors (Lipinski definition) is 10. The summed E-state index contributed by atoms with van der Waals surface area (Å²) in [5.41, 5.74) is 8.22. The topological polar surface area (TPSA) is 162 Å². The monoisotopic (exact) mass is 916 g/mol. The molecule has 2 aromatic heterocycles. The lowest BCUT2D eigenvalue weighted by atomic mass is 9.84. The molecule has 0 spiro atoms. The molecule has 0 radical (unpaired) electrons. The number of carboxylic acid groups (broad SMARTS) is 1. The van der Waals surface area contributed by atoms with E-state index in [4.69, 9.17) is 14.5 Å². The molecule has 7 rings (SSSR count). The molecule has 0 saturated carbocycles. The number of alkyl carbamates (subject to hydrolysis) is 1. The minimum absolute atomic E-state index is 0.0723. The van der Waals surface area contributed by atoms with Gasteiger partial charge in [0.05, 0.1) is 29.4 Å². The van der Waals surface area contributed by atoms with E-state index in [1.807, 2.05) is 45.2 Å². The molecule has 5 heterocycles. The summed E-state index contributed by atoms with van der Waals surface area (Å²) in [6, 6.07) is 10.9. The van der Waals surface area contributed by atoms with Gasteiger partial charge in [0.1, 0.15) is 17.7 Å². The molecular weight excluding hydrogens is 849 g/mol. The largest absolute Gasteiger partial charge is 0.480 e. The van der Waals surface area contributed by atoms with Gasteiger partial charge in [0.15, 0.2) is 0 Å². The molecule has 4 aromatic rings. The van der Waals surface area contributed by atoms with Crippen LogP contribution in [0, 0.1) is 5.41 Å². The van der Waals surface area contributed by atoms with Crippen molar-refractivity contribution in [2.75, 3.05) is 51.3 Å². The first-order valence-corrected chi connectivity index (χ1v) is 23.3. The van der Waals surface area contributed by atoms with E-state index < -0.39 is 47.5 Å². The summed E-state index contributed by atoms with van der Waals surface area (Å²) in [6.07, 6.45) is 1.31. The number of pyridine rings is 1. The van der Waals surface area contributed by atoms with Gasteiger partial charge in [-0.3, -0.25) is 24.5 Å². The van der Waals surface area contributed by atoms with Crippen molar-refractivity contribution in [2.24, 2.45) is 5.41 Å². The summed E-state index contributed by atoms with van der Waals surface area (Å²) in [5, 5.41) is 25.1. The Labute approximate surface area is 386 Å². The second-order valence-electron chi connectivity index (χ2n) is 19.9. The highest BCUT2D eigenvalue weighted by Gasteiger charge is 2.35.